The Bertz CT molecular complexity index is 1770. The molecule has 18 heteroatoms. The van der Waals surface area contributed by atoms with Gasteiger partial charge in [0.05, 0.1) is 6.61 Å². The van der Waals surface area contributed by atoms with Gasteiger partial charge in [0.2, 0.25) is 10.0 Å². The predicted molar refractivity (Wildman–Crippen MR) is 198 cm³/mol. The quantitative estimate of drug-likeness (QED) is 0.218. The van der Waals surface area contributed by atoms with Gasteiger partial charge in [-0.1, -0.05) is 39.1 Å². The first-order chi connectivity index (χ1) is 24.3. The van der Waals surface area contributed by atoms with E-state index < -0.39 is 59.2 Å². The molecule has 0 unspecified atom stereocenters. The number of amidine groups is 1. The van der Waals surface area contributed by atoms with Gasteiger partial charge < -0.3 is 23.6 Å². The Morgan fingerprint density at radius 3 is 2.29 bits per heavy atom. The molecule has 1 fully saturated rings. The smallest absolute Gasteiger partial charge is 0.449 e. The van der Waals surface area contributed by atoms with Crippen molar-refractivity contribution < 1.29 is 49.5 Å². The lowest BCUT2D eigenvalue weighted by Crippen LogP contribution is -2.50. The third-order valence-electron chi connectivity index (χ3n) is 9.12. The zero-order chi connectivity index (χ0) is 38.5. The van der Waals surface area contributed by atoms with Gasteiger partial charge in [-0.25, -0.2) is 13.2 Å². The molecule has 1 spiro atoms. The molecule has 2 aliphatic heterocycles. The summed E-state index contributed by atoms with van der Waals surface area (Å²) in [6, 6.07) is 8.69. The number of anilines is 1. The number of hydrogen-bond acceptors (Lipinski definition) is 9. The van der Waals surface area contributed by atoms with Crippen LogP contribution < -0.4 is 15.0 Å². The van der Waals surface area contributed by atoms with E-state index in [1.165, 1.54) is 27.4 Å². The molecule has 0 aliphatic carbocycles. The summed E-state index contributed by atoms with van der Waals surface area (Å²) in [6.45, 7) is 12.0. The molecule has 0 aromatic heterocycles. The first-order valence-corrected chi connectivity index (χ1v) is 22.5. The summed E-state index contributed by atoms with van der Waals surface area (Å²) >= 11 is 0. The Morgan fingerprint density at radius 2 is 1.71 bits per heavy atom. The number of benzene rings is 2. The number of aliphatic imine (C=N–C) groups is 1. The van der Waals surface area contributed by atoms with Crippen LogP contribution in [0, 0.1) is 19.3 Å². The number of hydrogen-bond donors (Lipinski definition) is 1. The summed E-state index contributed by atoms with van der Waals surface area (Å²) in [5.41, 5.74) is 1.44. The topological polar surface area (TPSA) is 136 Å². The van der Waals surface area contributed by atoms with E-state index in [0.29, 0.717) is 17.7 Å². The minimum absolute atomic E-state index is 0.0104. The monoisotopic (exact) mass is 784 g/mol. The number of sulfonamides is 1. The lowest BCUT2D eigenvalue weighted by Gasteiger charge is -2.34. The molecule has 2 aromatic rings. The number of alkyl halides is 3. The van der Waals surface area contributed by atoms with Crippen LogP contribution >= 0.6 is 0 Å². The van der Waals surface area contributed by atoms with E-state index in [0.717, 1.165) is 28.7 Å². The van der Waals surface area contributed by atoms with Gasteiger partial charge in [0.1, 0.15) is 23.4 Å². The Morgan fingerprint density at radius 1 is 1.10 bits per heavy atom. The van der Waals surface area contributed by atoms with Crippen molar-refractivity contribution in [1.82, 2.24) is 9.62 Å². The number of nitrogens with zero attached hydrogens (tertiary/aromatic N) is 3. The second-order valence-electron chi connectivity index (χ2n) is 13.4. The third kappa shape index (κ3) is 10.1. The first kappa shape index (κ1) is 41.2. The van der Waals surface area contributed by atoms with Crippen LogP contribution in [0.3, 0.4) is 0 Å². The van der Waals surface area contributed by atoms with Crippen LogP contribution in [0.25, 0.3) is 6.08 Å². The normalized spacial score (nSPS) is 17.7. The average Bonchev–Trinajstić information content (AvgIpc) is 3.37. The molecule has 52 heavy (non-hydrogen) atoms. The fourth-order valence-electron chi connectivity index (χ4n) is 6.12. The highest BCUT2D eigenvalue weighted by molar-refractivity contribution is 7.92. The van der Waals surface area contributed by atoms with Gasteiger partial charge in [-0.3, -0.25) is 14.7 Å². The molecular formula is C34H47F3N4O8SSi2. The lowest BCUT2D eigenvalue weighted by molar-refractivity contribution is -0.274. The van der Waals surface area contributed by atoms with E-state index in [1.54, 1.807) is 19.2 Å². The molecule has 2 heterocycles. The molecular weight excluding hydrogens is 738 g/mol. The molecule has 0 bridgehead atoms. The fraction of sp³-hybridized carbons (Fsp3) is 0.500. The number of aryl methyl sites for hydroxylation is 2. The zero-order valence-electron chi connectivity index (χ0n) is 30.5. The molecule has 2 aromatic carbocycles. The number of nitrogens with one attached hydrogen (secondary N) is 1. The van der Waals surface area contributed by atoms with Crippen molar-refractivity contribution in [2.45, 2.75) is 78.2 Å². The molecule has 0 saturated carbocycles. The first-order valence-electron chi connectivity index (χ1n) is 17.0. The van der Waals surface area contributed by atoms with Gasteiger partial charge in [0.15, 0.2) is 19.5 Å². The van der Waals surface area contributed by atoms with Crippen LogP contribution in [0.5, 0.6) is 5.75 Å². The highest BCUT2D eigenvalue weighted by Gasteiger charge is 2.47. The van der Waals surface area contributed by atoms with Crippen molar-refractivity contribution >= 4 is 59.1 Å². The van der Waals surface area contributed by atoms with Crippen LogP contribution in [0.2, 0.25) is 13.1 Å². The summed E-state index contributed by atoms with van der Waals surface area (Å²) in [6.07, 6.45) is -3.45. The van der Waals surface area contributed by atoms with Gasteiger partial charge in [-0.2, -0.15) is 4.31 Å². The Balaban J connectivity index is 1.38. The van der Waals surface area contributed by atoms with Crippen LogP contribution in [-0.4, -0.2) is 95.0 Å². The minimum atomic E-state index is -4.88. The Kier molecular flexibility index (Phi) is 13.2. The summed E-state index contributed by atoms with van der Waals surface area (Å²) in [5, 5.41) is 3.76. The lowest BCUT2D eigenvalue weighted by atomic mass is 9.89. The maximum atomic E-state index is 13.4. The van der Waals surface area contributed by atoms with Gasteiger partial charge in [0.25, 0.3) is 5.91 Å². The van der Waals surface area contributed by atoms with E-state index >= 15 is 0 Å². The molecule has 2 aliphatic rings. The zero-order valence-corrected chi connectivity index (χ0v) is 34.1. The maximum Gasteiger partial charge on any atom is 0.573 e. The molecule has 4 rings (SSSR count). The largest absolute Gasteiger partial charge is 0.573 e. The summed E-state index contributed by atoms with van der Waals surface area (Å²) in [4.78, 5) is 31.9. The van der Waals surface area contributed by atoms with Crippen LogP contribution in [0.1, 0.15) is 55.4 Å². The summed E-state index contributed by atoms with van der Waals surface area (Å²) in [5.74, 6) is -0.796. The minimum Gasteiger partial charge on any atom is -0.449 e. The molecule has 0 atom stereocenters. The van der Waals surface area contributed by atoms with Crippen molar-refractivity contribution in [3.05, 3.63) is 64.1 Å². The number of carbonyl (C=O) groups excluding carboxylic acids is 2. The van der Waals surface area contributed by atoms with Crippen molar-refractivity contribution in [1.29, 1.82) is 0 Å². The standard InChI is InChI=1S/C34H47F3N4O8SSi2/c1-22-19-25(40(5)31(43)46-17-14-32(3,4)30(48-51-6)49-52-7)20-23(2)27(22)11-18-50(44,45)41-15-12-33(13-16-41)29(42)38-28(39-33)24-9-8-10-26(21-24)47-34(35,36)37/h8-11,18-21,30H,12-17,51-52H2,1-7H3,(H,38,39,42). The fourth-order valence-corrected chi connectivity index (χ4v) is 9.18. The third-order valence-corrected chi connectivity index (χ3v) is 12.0. The predicted octanol–water partition coefficient (Wildman–Crippen LogP) is 4.53. The van der Waals surface area contributed by atoms with Crippen molar-refractivity contribution in [3.63, 3.8) is 0 Å². The van der Waals surface area contributed by atoms with E-state index in [4.69, 9.17) is 13.6 Å². The second kappa shape index (κ2) is 16.6. The van der Waals surface area contributed by atoms with Crippen LogP contribution in [-0.2, 0) is 28.4 Å². The van der Waals surface area contributed by atoms with Gasteiger partial charge >= 0.3 is 12.5 Å². The Labute approximate surface area is 307 Å². The highest BCUT2D eigenvalue weighted by Crippen LogP contribution is 2.34. The van der Waals surface area contributed by atoms with Gasteiger partial charge in [0, 0.05) is 42.2 Å². The van der Waals surface area contributed by atoms with Crippen molar-refractivity contribution in [3.8, 4) is 5.75 Å². The highest BCUT2D eigenvalue weighted by atomic mass is 32.2. The summed E-state index contributed by atoms with van der Waals surface area (Å²) < 4.78 is 87.5. The van der Waals surface area contributed by atoms with E-state index in [1.807, 2.05) is 40.8 Å². The summed E-state index contributed by atoms with van der Waals surface area (Å²) in [7, 11) is -3.62. The van der Waals surface area contributed by atoms with Crippen molar-refractivity contribution in [2.75, 3.05) is 31.6 Å². The molecule has 0 radical (unpaired) electrons. The van der Waals surface area contributed by atoms with Crippen LogP contribution in [0.15, 0.2) is 46.8 Å². The second-order valence-corrected chi connectivity index (χ2v) is 17.1. The van der Waals surface area contributed by atoms with E-state index in [2.05, 4.69) is 15.0 Å². The molecule has 2 amide bonds. The molecule has 286 valence electrons. The molecule has 1 N–H and O–H groups in total. The number of piperidine rings is 1. The number of amides is 2. The van der Waals surface area contributed by atoms with Crippen molar-refractivity contribution in [2.24, 2.45) is 10.4 Å². The van der Waals surface area contributed by atoms with E-state index in [-0.39, 0.29) is 55.6 Å². The Hall–Kier alpha value is -3.56. The van der Waals surface area contributed by atoms with Crippen LogP contribution in [0.4, 0.5) is 23.7 Å². The van der Waals surface area contributed by atoms with Gasteiger partial charge in [-0.05, 0) is 80.1 Å². The molecule has 1 saturated heterocycles. The average molecular weight is 785 g/mol. The SMILES string of the molecule is C[SiH2]OC(O[SiH2]C)C(C)(C)CCOC(=O)N(C)c1cc(C)c(C=CS(=O)(=O)N2CCC3(CC2)N=C(c2cccc(OC(F)(F)F)c2)NC3=O)c(C)c1. The van der Waals surface area contributed by atoms with Gasteiger partial charge in [-0.15, -0.1) is 13.2 Å². The number of halogens is 3. The van der Waals surface area contributed by atoms with E-state index in [9.17, 15) is 31.2 Å². The number of ether oxygens (including phenoxy) is 2. The molecule has 12 nitrogen and oxygen atoms in total. The number of rotatable bonds is 14. The maximum absolute atomic E-state index is 13.4. The number of carbonyl (C=O) groups is 2.